The summed E-state index contributed by atoms with van der Waals surface area (Å²) in [6, 6.07) is -0.851. The van der Waals surface area contributed by atoms with Crippen LogP contribution in [-0.4, -0.2) is 28.8 Å². The van der Waals surface area contributed by atoms with E-state index in [1.807, 2.05) is 0 Å². The Balaban J connectivity index is 2.39. The van der Waals surface area contributed by atoms with Gasteiger partial charge in [0.05, 0.1) is 0 Å². The summed E-state index contributed by atoms with van der Waals surface area (Å²) in [6.45, 7) is 5.25. The summed E-state index contributed by atoms with van der Waals surface area (Å²) in [7, 11) is 0. The lowest BCUT2D eigenvalue weighted by Crippen LogP contribution is -2.43. The molecule has 5 nitrogen and oxygen atoms in total. The molecule has 0 spiro atoms. The van der Waals surface area contributed by atoms with Crippen molar-refractivity contribution in [2.45, 2.75) is 70.9 Å². The minimum Gasteiger partial charge on any atom is -0.480 e. The van der Waals surface area contributed by atoms with Crippen LogP contribution in [0.4, 0.5) is 4.79 Å². The number of rotatable bonds is 5. The summed E-state index contributed by atoms with van der Waals surface area (Å²) in [6.07, 6.45) is 5.50. The van der Waals surface area contributed by atoms with E-state index in [1.54, 1.807) is 20.8 Å². The number of carbonyl (C=O) groups is 2. The van der Waals surface area contributed by atoms with Gasteiger partial charge in [0, 0.05) is 0 Å². The number of nitrogens with one attached hydrogen (secondary N) is 1. The van der Waals surface area contributed by atoms with E-state index < -0.39 is 23.7 Å². The first kappa shape index (κ1) is 15.8. The van der Waals surface area contributed by atoms with Gasteiger partial charge in [-0.15, -0.1) is 0 Å². The third-order valence-corrected chi connectivity index (χ3v) is 3.33. The lowest BCUT2D eigenvalue weighted by molar-refractivity contribution is -0.139. The molecule has 1 saturated carbocycles. The Morgan fingerprint density at radius 1 is 1.32 bits per heavy atom. The second-order valence-electron chi connectivity index (χ2n) is 6.26. The number of aliphatic carboxylic acids is 1. The van der Waals surface area contributed by atoms with Gasteiger partial charge in [0.2, 0.25) is 0 Å². The highest BCUT2D eigenvalue weighted by Crippen LogP contribution is 2.29. The number of carbonyl (C=O) groups excluding carboxylic acids is 1. The van der Waals surface area contributed by atoms with Crippen molar-refractivity contribution in [2.24, 2.45) is 5.92 Å². The molecule has 0 aromatic rings. The predicted octanol–water partition coefficient (Wildman–Crippen LogP) is 2.93. The van der Waals surface area contributed by atoms with Gasteiger partial charge in [-0.3, -0.25) is 0 Å². The van der Waals surface area contributed by atoms with E-state index in [9.17, 15) is 9.59 Å². The van der Waals surface area contributed by atoms with Crippen molar-refractivity contribution in [2.75, 3.05) is 0 Å². The third-order valence-electron chi connectivity index (χ3n) is 3.33. The number of hydrogen-bond donors (Lipinski definition) is 2. The lowest BCUT2D eigenvalue weighted by Gasteiger charge is -2.22. The summed E-state index contributed by atoms with van der Waals surface area (Å²) in [5.41, 5.74) is -0.613. The van der Waals surface area contributed by atoms with Crippen molar-refractivity contribution in [1.29, 1.82) is 0 Å². The Morgan fingerprint density at radius 2 is 1.89 bits per heavy atom. The van der Waals surface area contributed by atoms with E-state index >= 15 is 0 Å². The van der Waals surface area contributed by atoms with Gasteiger partial charge in [-0.25, -0.2) is 9.59 Å². The molecule has 0 bridgehead atoms. The molecule has 1 aliphatic rings. The third kappa shape index (κ3) is 6.45. The molecule has 0 saturated heterocycles. The maximum atomic E-state index is 11.6. The molecular formula is C14H25NO4. The van der Waals surface area contributed by atoms with E-state index in [2.05, 4.69) is 5.32 Å². The standard InChI is InChI=1S/C14H25NO4/c1-14(2,3)19-13(18)15-11(12(16)17)9-8-10-6-4-5-7-10/h10-11H,4-9H2,1-3H3,(H,15,18)(H,16,17). The average molecular weight is 271 g/mol. The lowest BCUT2D eigenvalue weighted by atomic mass is 9.98. The Morgan fingerprint density at radius 3 is 2.37 bits per heavy atom. The molecule has 1 unspecified atom stereocenters. The van der Waals surface area contributed by atoms with E-state index in [1.165, 1.54) is 25.7 Å². The van der Waals surface area contributed by atoms with Crippen LogP contribution in [0.5, 0.6) is 0 Å². The molecule has 1 fully saturated rings. The number of carboxylic acid groups (broad SMARTS) is 1. The highest BCUT2D eigenvalue weighted by molar-refractivity contribution is 5.79. The molecule has 1 aliphatic carbocycles. The Bertz CT molecular complexity index is 316. The monoisotopic (exact) mass is 271 g/mol. The van der Waals surface area contributed by atoms with Crippen molar-refractivity contribution in [3.8, 4) is 0 Å². The SMILES string of the molecule is CC(C)(C)OC(=O)NC(CCC1CCCC1)C(=O)O. The molecule has 19 heavy (non-hydrogen) atoms. The van der Waals surface area contributed by atoms with Gasteiger partial charge >= 0.3 is 12.1 Å². The molecule has 110 valence electrons. The highest BCUT2D eigenvalue weighted by Gasteiger charge is 2.25. The number of ether oxygens (including phenoxy) is 1. The van der Waals surface area contributed by atoms with Crippen LogP contribution in [0, 0.1) is 5.92 Å². The number of carboxylic acids is 1. The van der Waals surface area contributed by atoms with E-state index in [-0.39, 0.29) is 0 Å². The molecule has 5 heteroatoms. The minimum atomic E-state index is -0.996. The zero-order valence-corrected chi connectivity index (χ0v) is 12.1. The van der Waals surface area contributed by atoms with Crippen LogP contribution in [0.25, 0.3) is 0 Å². The summed E-state index contributed by atoms with van der Waals surface area (Å²) < 4.78 is 5.08. The van der Waals surface area contributed by atoms with Crippen LogP contribution in [0.2, 0.25) is 0 Å². The molecule has 0 heterocycles. The first-order chi connectivity index (χ1) is 8.78. The van der Waals surface area contributed by atoms with Crippen LogP contribution in [0.1, 0.15) is 59.3 Å². The van der Waals surface area contributed by atoms with Gasteiger partial charge in [0.25, 0.3) is 0 Å². The van der Waals surface area contributed by atoms with Crippen molar-refractivity contribution < 1.29 is 19.4 Å². The Labute approximate surface area is 114 Å². The maximum absolute atomic E-state index is 11.6. The fourth-order valence-corrected chi connectivity index (χ4v) is 2.41. The molecule has 0 radical (unpaired) electrons. The fraction of sp³-hybridized carbons (Fsp3) is 0.857. The van der Waals surface area contributed by atoms with Crippen molar-refractivity contribution in [3.05, 3.63) is 0 Å². The largest absolute Gasteiger partial charge is 0.480 e. The Hall–Kier alpha value is -1.26. The van der Waals surface area contributed by atoms with Gasteiger partial charge in [0.15, 0.2) is 0 Å². The molecule has 0 aromatic carbocycles. The second-order valence-corrected chi connectivity index (χ2v) is 6.26. The van der Waals surface area contributed by atoms with Crippen LogP contribution in [-0.2, 0) is 9.53 Å². The molecule has 1 amide bonds. The summed E-state index contributed by atoms with van der Waals surface area (Å²) in [5, 5.41) is 11.6. The maximum Gasteiger partial charge on any atom is 0.408 e. The van der Waals surface area contributed by atoms with E-state index in [4.69, 9.17) is 9.84 Å². The number of hydrogen-bond acceptors (Lipinski definition) is 3. The van der Waals surface area contributed by atoms with Crippen molar-refractivity contribution in [1.82, 2.24) is 5.32 Å². The topological polar surface area (TPSA) is 75.6 Å². The van der Waals surface area contributed by atoms with Gasteiger partial charge in [-0.1, -0.05) is 25.7 Å². The van der Waals surface area contributed by atoms with Crippen LogP contribution >= 0.6 is 0 Å². The summed E-state index contributed by atoms with van der Waals surface area (Å²) in [5.74, 6) is -0.383. The van der Waals surface area contributed by atoms with E-state index in [0.29, 0.717) is 12.3 Å². The molecule has 0 aliphatic heterocycles. The number of alkyl carbamates (subject to hydrolysis) is 1. The van der Waals surface area contributed by atoms with Gasteiger partial charge in [-0.2, -0.15) is 0 Å². The van der Waals surface area contributed by atoms with Crippen LogP contribution < -0.4 is 5.32 Å². The zero-order chi connectivity index (χ0) is 14.5. The second kappa shape index (κ2) is 6.78. The average Bonchev–Trinajstić information content (AvgIpc) is 2.73. The first-order valence-corrected chi connectivity index (χ1v) is 7.00. The Kier molecular flexibility index (Phi) is 5.63. The highest BCUT2D eigenvalue weighted by atomic mass is 16.6. The zero-order valence-electron chi connectivity index (χ0n) is 12.1. The molecule has 2 N–H and O–H groups in total. The fourth-order valence-electron chi connectivity index (χ4n) is 2.41. The van der Waals surface area contributed by atoms with Crippen molar-refractivity contribution >= 4 is 12.1 Å². The molecule has 1 rings (SSSR count). The summed E-state index contributed by atoms with van der Waals surface area (Å²) >= 11 is 0. The van der Waals surface area contributed by atoms with Crippen LogP contribution in [0.3, 0.4) is 0 Å². The van der Waals surface area contributed by atoms with Gasteiger partial charge < -0.3 is 15.2 Å². The van der Waals surface area contributed by atoms with E-state index in [0.717, 1.165) is 6.42 Å². The summed E-state index contributed by atoms with van der Waals surface area (Å²) in [4.78, 5) is 22.7. The van der Waals surface area contributed by atoms with Crippen molar-refractivity contribution in [3.63, 3.8) is 0 Å². The molecular weight excluding hydrogens is 246 g/mol. The van der Waals surface area contributed by atoms with Crippen LogP contribution in [0.15, 0.2) is 0 Å². The predicted molar refractivity (Wildman–Crippen MR) is 72.0 cm³/mol. The number of amides is 1. The minimum absolute atomic E-state index is 0.471. The first-order valence-electron chi connectivity index (χ1n) is 7.00. The van der Waals surface area contributed by atoms with Gasteiger partial charge in [0.1, 0.15) is 11.6 Å². The molecule has 1 atom stereocenters. The smallest absolute Gasteiger partial charge is 0.408 e. The van der Waals surface area contributed by atoms with Gasteiger partial charge in [-0.05, 0) is 39.5 Å². The quantitative estimate of drug-likeness (QED) is 0.806. The normalized spacial score (nSPS) is 18.1. The molecule has 0 aromatic heterocycles.